The smallest absolute Gasteiger partial charge is 0.0213 e. The van der Waals surface area contributed by atoms with Gasteiger partial charge in [0.2, 0.25) is 0 Å². The SMILES string of the molecule is CC1C(C)[C@@]2(C)CC[C@]1(C)N2C. The normalized spacial score (nSPS) is 59.8. The molecule has 70 valence electrons. The number of hydrogen-bond acceptors (Lipinski definition) is 1. The first-order valence-corrected chi connectivity index (χ1v) is 5.17. The molecule has 2 saturated heterocycles. The van der Waals surface area contributed by atoms with Crippen LogP contribution in [-0.2, 0) is 0 Å². The van der Waals surface area contributed by atoms with Crippen LogP contribution in [0.2, 0.25) is 0 Å². The molecule has 0 saturated carbocycles. The molecule has 2 heterocycles. The molecule has 2 aliphatic heterocycles. The van der Waals surface area contributed by atoms with Crippen LogP contribution in [0, 0.1) is 11.8 Å². The van der Waals surface area contributed by atoms with Crippen molar-refractivity contribution in [2.24, 2.45) is 11.8 Å². The topological polar surface area (TPSA) is 3.24 Å². The Morgan fingerprint density at radius 2 is 1.33 bits per heavy atom. The van der Waals surface area contributed by atoms with Gasteiger partial charge in [-0.2, -0.15) is 0 Å². The molecule has 4 atom stereocenters. The van der Waals surface area contributed by atoms with Gasteiger partial charge < -0.3 is 0 Å². The minimum Gasteiger partial charge on any atom is -0.295 e. The van der Waals surface area contributed by atoms with E-state index in [-0.39, 0.29) is 0 Å². The predicted molar refractivity (Wildman–Crippen MR) is 52.1 cm³/mol. The second-order valence-corrected chi connectivity index (χ2v) is 5.35. The second kappa shape index (κ2) is 2.06. The Labute approximate surface area is 76.1 Å². The van der Waals surface area contributed by atoms with E-state index in [4.69, 9.17) is 0 Å². The summed E-state index contributed by atoms with van der Waals surface area (Å²) < 4.78 is 0. The van der Waals surface area contributed by atoms with Gasteiger partial charge in [0.1, 0.15) is 0 Å². The molecule has 0 spiro atoms. The third-order valence-corrected chi connectivity index (χ3v) is 5.38. The maximum absolute atomic E-state index is 2.63. The first-order chi connectivity index (χ1) is 5.43. The zero-order valence-corrected chi connectivity index (χ0v) is 9.02. The number of nitrogens with zero attached hydrogens (tertiary/aromatic N) is 1. The fourth-order valence-corrected chi connectivity index (χ4v) is 3.57. The molecule has 0 amide bonds. The molecule has 0 aliphatic carbocycles. The van der Waals surface area contributed by atoms with Crippen molar-refractivity contribution in [3.8, 4) is 0 Å². The van der Waals surface area contributed by atoms with Gasteiger partial charge in [-0.05, 0) is 45.6 Å². The Bertz CT molecular complexity index is 191. The largest absolute Gasteiger partial charge is 0.295 e. The summed E-state index contributed by atoms with van der Waals surface area (Å²) in [7, 11) is 2.31. The molecule has 0 radical (unpaired) electrons. The fourth-order valence-electron chi connectivity index (χ4n) is 3.57. The van der Waals surface area contributed by atoms with Crippen LogP contribution in [0.4, 0.5) is 0 Å². The molecule has 12 heavy (non-hydrogen) atoms. The zero-order chi connectivity index (χ0) is 9.15. The van der Waals surface area contributed by atoms with Gasteiger partial charge in [0, 0.05) is 11.1 Å². The van der Waals surface area contributed by atoms with Crippen molar-refractivity contribution < 1.29 is 0 Å². The van der Waals surface area contributed by atoms with Crippen molar-refractivity contribution in [3.63, 3.8) is 0 Å². The van der Waals surface area contributed by atoms with Gasteiger partial charge >= 0.3 is 0 Å². The average Bonchev–Trinajstić information content (AvgIpc) is 2.33. The molecule has 0 aromatic carbocycles. The molecule has 1 nitrogen and oxygen atoms in total. The highest BCUT2D eigenvalue weighted by Gasteiger charge is 2.61. The minimum absolute atomic E-state index is 0.494. The van der Waals surface area contributed by atoms with Crippen molar-refractivity contribution in [1.29, 1.82) is 0 Å². The third-order valence-electron chi connectivity index (χ3n) is 5.38. The number of fused-ring (bicyclic) bond motifs is 2. The highest BCUT2D eigenvalue weighted by molar-refractivity contribution is 5.16. The molecule has 1 heteroatoms. The monoisotopic (exact) mass is 167 g/mol. The average molecular weight is 167 g/mol. The summed E-state index contributed by atoms with van der Waals surface area (Å²) in [6.07, 6.45) is 2.79. The van der Waals surface area contributed by atoms with Gasteiger partial charge in [0.25, 0.3) is 0 Å². The first kappa shape index (κ1) is 8.55. The number of rotatable bonds is 0. The molecule has 2 fully saturated rings. The Hall–Kier alpha value is -0.0400. The van der Waals surface area contributed by atoms with Crippen LogP contribution in [0.3, 0.4) is 0 Å². The van der Waals surface area contributed by atoms with Crippen LogP contribution in [0.5, 0.6) is 0 Å². The second-order valence-electron chi connectivity index (χ2n) is 5.35. The van der Waals surface area contributed by atoms with Crippen LogP contribution >= 0.6 is 0 Å². The van der Waals surface area contributed by atoms with Crippen molar-refractivity contribution in [2.75, 3.05) is 7.05 Å². The van der Waals surface area contributed by atoms with Gasteiger partial charge in [-0.15, -0.1) is 0 Å². The minimum atomic E-state index is 0.494. The maximum atomic E-state index is 2.63. The highest BCUT2D eigenvalue weighted by atomic mass is 15.3. The molecule has 0 N–H and O–H groups in total. The summed E-state index contributed by atoms with van der Waals surface area (Å²) >= 11 is 0. The van der Waals surface area contributed by atoms with E-state index in [0.29, 0.717) is 11.1 Å². The van der Waals surface area contributed by atoms with E-state index in [1.54, 1.807) is 0 Å². The lowest BCUT2D eigenvalue weighted by Gasteiger charge is -2.33. The highest BCUT2D eigenvalue weighted by Crippen LogP contribution is 2.57. The van der Waals surface area contributed by atoms with Crippen molar-refractivity contribution in [3.05, 3.63) is 0 Å². The van der Waals surface area contributed by atoms with E-state index < -0.39 is 0 Å². The van der Waals surface area contributed by atoms with Gasteiger partial charge in [-0.25, -0.2) is 0 Å². The molecule has 0 aromatic rings. The standard InChI is InChI=1S/C11H21N/c1-8-9(2)11(4)7-6-10(8,3)12(11)5/h8-9H,6-7H2,1-5H3/t8?,9?,10-,11+. The molecule has 0 aromatic heterocycles. The summed E-state index contributed by atoms with van der Waals surface area (Å²) in [6.45, 7) is 9.72. The Morgan fingerprint density at radius 3 is 1.50 bits per heavy atom. The summed E-state index contributed by atoms with van der Waals surface area (Å²) in [4.78, 5) is 2.63. The lowest BCUT2D eigenvalue weighted by molar-refractivity contribution is 0.142. The summed E-state index contributed by atoms with van der Waals surface area (Å²) in [6, 6.07) is 0. The Kier molecular flexibility index (Phi) is 1.47. The number of hydrogen-bond donors (Lipinski definition) is 0. The molecule has 2 unspecified atom stereocenters. The first-order valence-electron chi connectivity index (χ1n) is 5.17. The van der Waals surface area contributed by atoms with Gasteiger partial charge in [0.15, 0.2) is 0 Å². The zero-order valence-electron chi connectivity index (χ0n) is 9.02. The van der Waals surface area contributed by atoms with Crippen molar-refractivity contribution in [1.82, 2.24) is 4.90 Å². The Balaban J connectivity index is 2.43. The van der Waals surface area contributed by atoms with Gasteiger partial charge in [-0.1, -0.05) is 13.8 Å². The lowest BCUT2D eigenvalue weighted by atomic mass is 9.69. The van der Waals surface area contributed by atoms with Crippen LogP contribution < -0.4 is 0 Å². The molecule has 2 bridgehead atoms. The summed E-state index contributed by atoms with van der Waals surface area (Å²) in [5.74, 6) is 1.72. The molecular weight excluding hydrogens is 146 g/mol. The fraction of sp³-hybridized carbons (Fsp3) is 1.00. The van der Waals surface area contributed by atoms with Crippen LogP contribution in [0.25, 0.3) is 0 Å². The lowest BCUT2D eigenvalue weighted by Crippen LogP contribution is -2.42. The van der Waals surface area contributed by atoms with Gasteiger partial charge in [-0.3, -0.25) is 4.90 Å². The molecule has 2 aliphatic rings. The quantitative estimate of drug-likeness (QED) is 0.536. The summed E-state index contributed by atoms with van der Waals surface area (Å²) in [5.41, 5.74) is 0.988. The van der Waals surface area contributed by atoms with Crippen LogP contribution in [0.15, 0.2) is 0 Å². The van der Waals surface area contributed by atoms with Crippen LogP contribution in [-0.4, -0.2) is 23.0 Å². The van der Waals surface area contributed by atoms with E-state index >= 15 is 0 Å². The third kappa shape index (κ3) is 0.654. The Morgan fingerprint density at radius 1 is 1.00 bits per heavy atom. The van der Waals surface area contributed by atoms with Crippen molar-refractivity contribution >= 4 is 0 Å². The predicted octanol–water partition coefficient (Wildman–Crippen LogP) is 2.52. The van der Waals surface area contributed by atoms with E-state index in [1.807, 2.05) is 0 Å². The maximum Gasteiger partial charge on any atom is 0.0213 e. The summed E-state index contributed by atoms with van der Waals surface area (Å²) in [5, 5.41) is 0. The van der Waals surface area contributed by atoms with E-state index in [1.165, 1.54) is 12.8 Å². The van der Waals surface area contributed by atoms with E-state index in [0.717, 1.165) is 11.8 Å². The van der Waals surface area contributed by atoms with E-state index in [2.05, 4.69) is 39.6 Å². The van der Waals surface area contributed by atoms with Crippen LogP contribution in [0.1, 0.15) is 40.5 Å². The van der Waals surface area contributed by atoms with Gasteiger partial charge in [0.05, 0.1) is 0 Å². The van der Waals surface area contributed by atoms with E-state index in [9.17, 15) is 0 Å². The molecule has 2 rings (SSSR count). The van der Waals surface area contributed by atoms with Crippen molar-refractivity contribution in [2.45, 2.75) is 51.6 Å². The molecular formula is C11H21N.